The van der Waals surface area contributed by atoms with E-state index in [2.05, 4.69) is 41.0 Å². The van der Waals surface area contributed by atoms with Crippen molar-refractivity contribution in [3.8, 4) is 0 Å². The second-order valence-electron chi connectivity index (χ2n) is 6.17. The molecule has 0 bridgehead atoms. The summed E-state index contributed by atoms with van der Waals surface area (Å²) in [5.74, 6) is 0.941. The lowest BCUT2D eigenvalue weighted by molar-refractivity contribution is -0.122. The highest BCUT2D eigenvalue weighted by atomic mass is 16.1. The molecule has 1 amide bonds. The zero-order chi connectivity index (χ0) is 13.8. The molecule has 1 aromatic rings. The fraction of sp³-hybridized carbons (Fsp3) is 0.588. The average Bonchev–Trinajstić information content (AvgIpc) is 2.51. The summed E-state index contributed by atoms with van der Waals surface area (Å²) in [5, 5.41) is 6.69. The van der Waals surface area contributed by atoms with Crippen LogP contribution < -0.4 is 10.6 Å². The van der Waals surface area contributed by atoms with Crippen LogP contribution in [0.25, 0.3) is 0 Å². The first-order valence-corrected chi connectivity index (χ1v) is 7.89. The smallest absolute Gasteiger partial charge is 0.220 e. The quantitative estimate of drug-likeness (QED) is 0.888. The Labute approximate surface area is 121 Å². The van der Waals surface area contributed by atoms with Crippen molar-refractivity contribution in [3.63, 3.8) is 0 Å². The van der Waals surface area contributed by atoms with Crippen molar-refractivity contribution < 1.29 is 4.79 Å². The van der Waals surface area contributed by atoms with Crippen molar-refractivity contribution in [1.29, 1.82) is 0 Å². The number of benzene rings is 1. The van der Waals surface area contributed by atoms with Crippen molar-refractivity contribution in [2.24, 2.45) is 0 Å². The van der Waals surface area contributed by atoms with Crippen molar-refractivity contribution >= 4 is 5.91 Å². The molecule has 1 heterocycles. The lowest BCUT2D eigenvalue weighted by Crippen LogP contribution is -2.49. The van der Waals surface area contributed by atoms with Gasteiger partial charge in [-0.25, -0.2) is 0 Å². The molecule has 0 radical (unpaired) electrons. The minimum absolute atomic E-state index is 0.204. The summed E-state index contributed by atoms with van der Waals surface area (Å²) in [6.07, 6.45) is 6.73. The largest absolute Gasteiger partial charge is 0.355 e. The van der Waals surface area contributed by atoms with E-state index in [0.717, 1.165) is 18.9 Å². The molecule has 1 atom stereocenters. The molecule has 20 heavy (non-hydrogen) atoms. The molecular formula is C17H24N2O. The van der Waals surface area contributed by atoms with Gasteiger partial charge in [0, 0.05) is 25.0 Å². The summed E-state index contributed by atoms with van der Waals surface area (Å²) in [5.41, 5.74) is 1.50. The van der Waals surface area contributed by atoms with Crippen LogP contribution in [0, 0.1) is 0 Å². The molecule has 2 aliphatic rings. The van der Waals surface area contributed by atoms with Crippen LogP contribution in [0.1, 0.15) is 50.0 Å². The first-order chi connectivity index (χ1) is 9.81. The molecule has 0 aromatic heterocycles. The van der Waals surface area contributed by atoms with Crippen LogP contribution in [0.15, 0.2) is 30.3 Å². The maximum Gasteiger partial charge on any atom is 0.220 e. The number of piperidine rings is 1. The van der Waals surface area contributed by atoms with Gasteiger partial charge >= 0.3 is 0 Å². The van der Waals surface area contributed by atoms with Gasteiger partial charge in [0.15, 0.2) is 0 Å². The first kappa shape index (κ1) is 13.6. The number of amides is 1. The Kier molecular flexibility index (Phi) is 4.36. The minimum Gasteiger partial charge on any atom is -0.355 e. The van der Waals surface area contributed by atoms with E-state index in [1.165, 1.54) is 31.2 Å². The normalized spacial score (nSPS) is 30.8. The molecule has 1 aliphatic heterocycles. The van der Waals surface area contributed by atoms with Crippen LogP contribution in [-0.2, 0) is 4.79 Å². The highest BCUT2D eigenvalue weighted by Crippen LogP contribution is 2.32. The summed E-state index contributed by atoms with van der Waals surface area (Å²) < 4.78 is 0. The third kappa shape index (κ3) is 3.40. The van der Waals surface area contributed by atoms with E-state index in [-0.39, 0.29) is 5.91 Å². The van der Waals surface area contributed by atoms with E-state index >= 15 is 0 Å². The summed E-state index contributed by atoms with van der Waals surface area (Å²) in [7, 11) is 0. The van der Waals surface area contributed by atoms with Crippen LogP contribution in [0.4, 0.5) is 0 Å². The molecule has 1 saturated carbocycles. The van der Waals surface area contributed by atoms with Crippen LogP contribution in [0.3, 0.4) is 0 Å². The van der Waals surface area contributed by atoms with Crippen LogP contribution in [0.2, 0.25) is 0 Å². The zero-order valence-electron chi connectivity index (χ0n) is 12.0. The van der Waals surface area contributed by atoms with Crippen molar-refractivity contribution in [2.75, 3.05) is 6.54 Å². The van der Waals surface area contributed by atoms with E-state index in [1.807, 2.05) is 0 Å². The zero-order valence-corrected chi connectivity index (χ0v) is 12.0. The monoisotopic (exact) mass is 272 g/mol. The number of hydrogen-bond acceptors (Lipinski definition) is 2. The highest BCUT2D eigenvalue weighted by Gasteiger charge is 2.25. The standard InChI is InChI=1S/C17H24N2O/c20-17-11-10-16(12-18-17)19-15-8-6-14(7-9-15)13-4-2-1-3-5-13/h1-5,14-16,19H,6-12H2,(H,18,20). The molecule has 3 nitrogen and oxygen atoms in total. The molecule has 1 aromatic carbocycles. The summed E-state index contributed by atoms with van der Waals surface area (Å²) in [6, 6.07) is 12.0. The molecule has 108 valence electrons. The number of carbonyl (C=O) groups is 1. The van der Waals surface area contributed by atoms with Gasteiger partial charge < -0.3 is 10.6 Å². The number of hydrogen-bond donors (Lipinski definition) is 2. The fourth-order valence-electron chi connectivity index (χ4n) is 3.53. The summed E-state index contributed by atoms with van der Waals surface area (Å²) >= 11 is 0. The Morgan fingerprint density at radius 3 is 2.35 bits per heavy atom. The van der Waals surface area contributed by atoms with Gasteiger partial charge in [-0.05, 0) is 43.6 Å². The predicted octanol–water partition coefficient (Wildman–Crippen LogP) is 2.58. The molecule has 2 fully saturated rings. The fourth-order valence-corrected chi connectivity index (χ4v) is 3.53. The Balaban J connectivity index is 1.46. The van der Waals surface area contributed by atoms with Gasteiger partial charge in [0.05, 0.1) is 0 Å². The van der Waals surface area contributed by atoms with Gasteiger partial charge in [0.25, 0.3) is 0 Å². The van der Waals surface area contributed by atoms with Crippen LogP contribution in [0.5, 0.6) is 0 Å². The van der Waals surface area contributed by atoms with E-state index in [9.17, 15) is 4.79 Å². The Morgan fingerprint density at radius 1 is 0.950 bits per heavy atom. The van der Waals surface area contributed by atoms with Gasteiger partial charge in [0.1, 0.15) is 0 Å². The average molecular weight is 272 g/mol. The maximum atomic E-state index is 11.2. The lowest BCUT2D eigenvalue weighted by atomic mass is 9.81. The van der Waals surface area contributed by atoms with E-state index in [1.54, 1.807) is 0 Å². The van der Waals surface area contributed by atoms with Crippen LogP contribution >= 0.6 is 0 Å². The number of nitrogens with one attached hydrogen (secondary N) is 2. The Morgan fingerprint density at radius 2 is 1.70 bits per heavy atom. The molecule has 1 unspecified atom stereocenters. The van der Waals surface area contributed by atoms with Crippen molar-refractivity contribution in [1.82, 2.24) is 10.6 Å². The van der Waals surface area contributed by atoms with E-state index in [4.69, 9.17) is 0 Å². The Hall–Kier alpha value is -1.35. The molecule has 1 aliphatic carbocycles. The molecule has 2 N–H and O–H groups in total. The van der Waals surface area contributed by atoms with Gasteiger partial charge in [-0.3, -0.25) is 4.79 Å². The topological polar surface area (TPSA) is 41.1 Å². The Bertz CT molecular complexity index is 428. The van der Waals surface area contributed by atoms with Crippen molar-refractivity contribution in [2.45, 2.75) is 56.5 Å². The van der Waals surface area contributed by atoms with E-state index in [0.29, 0.717) is 18.5 Å². The van der Waals surface area contributed by atoms with Crippen molar-refractivity contribution in [3.05, 3.63) is 35.9 Å². The molecule has 3 heteroatoms. The SMILES string of the molecule is O=C1CCC(NC2CCC(c3ccccc3)CC2)CN1. The van der Waals surface area contributed by atoms with E-state index < -0.39 is 0 Å². The third-order valence-electron chi connectivity index (χ3n) is 4.74. The first-order valence-electron chi connectivity index (χ1n) is 7.89. The minimum atomic E-state index is 0.204. The molecule has 1 saturated heterocycles. The third-order valence-corrected chi connectivity index (χ3v) is 4.74. The molecule has 3 rings (SSSR count). The summed E-state index contributed by atoms with van der Waals surface area (Å²) in [4.78, 5) is 11.2. The van der Waals surface area contributed by atoms with Gasteiger partial charge in [0.2, 0.25) is 5.91 Å². The molecular weight excluding hydrogens is 248 g/mol. The predicted molar refractivity (Wildman–Crippen MR) is 80.6 cm³/mol. The van der Waals surface area contributed by atoms with Gasteiger partial charge in [-0.15, -0.1) is 0 Å². The van der Waals surface area contributed by atoms with Gasteiger partial charge in [-0.1, -0.05) is 30.3 Å². The highest BCUT2D eigenvalue weighted by molar-refractivity contribution is 5.76. The second kappa shape index (κ2) is 6.40. The number of rotatable bonds is 3. The number of carbonyl (C=O) groups excluding carboxylic acids is 1. The van der Waals surface area contributed by atoms with Crippen LogP contribution in [-0.4, -0.2) is 24.5 Å². The summed E-state index contributed by atoms with van der Waals surface area (Å²) in [6.45, 7) is 0.803. The molecule has 0 spiro atoms. The maximum absolute atomic E-state index is 11.2. The second-order valence-corrected chi connectivity index (χ2v) is 6.17. The van der Waals surface area contributed by atoms with Gasteiger partial charge in [-0.2, -0.15) is 0 Å². The lowest BCUT2D eigenvalue weighted by Gasteiger charge is -2.33.